The summed E-state index contributed by atoms with van der Waals surface area (Å²) in [4.78, 5) is 0.242. The van der Waals surface area contributed by atoms with Crippen molar-refractivity contribution in [2.75, 3.05) is 12.3 Å². The molecule has 0 aliphatic rings. The van der Waals surface area contributed by atoms with Gasteiger partial charge in [0.05, 0.1) is 4.90 Å². The molecular formula is C15H16N2O2S. The summed E-state index contributed by atoms with van der Waals surface area (Å²) in [6, 6.07) is 10.3. The van der Waals surface area contributed by atoms with E-state index in [1.807, 2.05) is 12.1 Å². The lowest BCUT2D eigenvalue weighted by molar-refractivity contribution is 0.583. The lowest BCUT2D eigenvalue weighted by atomic mass is 10.1. The first-order valence-corrected chi connectivity index (χ1v) is 7.71. The van der Waals surface area contributed by atoms with E-state index in [0.717, 1.165) is 5.39 Å². The van der Waals surface area contributed by atoms with Gasteiger partial charge in [0.25, 0.3) is 0 Å². The summed E-state index contributed by atoms with van der Waals surface area (Å²) in [7, 11) is -3.56. The third kappa shape index (κ3) is 2.93. The van der Waals surface area contributed by atoms with Crippen molar-refractivity contribution in [3.63, 3.8) is 0 Å². The predicted molar refractivity (Wildman–Crippen MR) is 81.6 cm³/mol. The predicted octanol–water partition coefficient (Wildman–Crippen LogP) is 2.11. The van der Waals surface area contributed by atoms with Gasteiger partial charge in [0.1, 0.15) is 0 Å². The Labute approximate surface area is 119 Å². The summed E-state index contributed by atoms with van der Waals surface area (Å²) in [6.07, 6.45) is 0.489. The molecule has 0 bridgehead atoms. The van der Waals surface area contributed by atoms with E-state index in [1.165, 1.54) is 6.07 Å². The smallest absolute Gasteiger partial charge is 0.241 e. The van der Waals surface area contributed by atoms with Crippen molar-refractivity contribution < 1.29 is 8.42 Å². The number of nitrogen functional groups attached to an aromatic ring is 1. The molecule has 104 valence electrons. The SMILES string of the molecule is CC#CCCNS(=O)(=O)c1ccc(N)c2ccccc12. The highest BCUT2D eigenvalue weighted by Crippen LogP contribution is 2.27. The fourth-order valence-corrected chi connectivity index (χ4v) is 3.22. The summed E-state index contributed by atoms with van der Waals surface area (Å²) >= 11 is 0. The van der Waals surface area contributed by atoms with Crippen molar-refractivity contribution >= 4 is 26.5 Å². The maximum absolute atomic E-state index is 12.3. The lowest BCUT2D eigenvalue weighted by Crippen LogP contribution is -2.24. The van der Waals surface area contributed by atoms with Crippen LogP contribution in [0.1, 0.15) is 13.3 Å². The molecule has 4 nitrogen and oxygen atoms in total. The van der Waals surface area contributed by atoms with Crippen LogP contribution in [0.2, 0.25) is 0 Å². The van der Waals surface area contributed by atoms with Gasteiger partial charge in [-0.3, -0.25) is 0 Å². The molecule has 5 heteroatoms. The molecular weight excluding hydrogens is 272 g/mol. The molecule has 0 saturated heterocycles. The normalized spacial score (nSPS) is 11.1. The number of hydrogen-bond donors (Lipinski definition) is 2. The number of sulfonamides is 1. The van der Waals surface area contributed by atoms with Crippen LogP contribution < -0.4 is 10.5 Å². The molecule has 0 aliphatic carbocycles. The zero-order chi connectivity index (χ0) is 14.6. The Morgan fingerprint density at radius 2 is 1.85 bits per heavy atom. The van der Waals surface area contributed by atoms with Gasteiger partial charge in [-0.1, -0.05) is 24.3 Å². The molecule has 0 amide bonds. The van der Waals surface area contributed by atoms with E-state index in [4.69, 9.17) is 5.73 Å². The zero-order valence-electron chi connectivity index (χ0n) is 11.2. The minimum absolute atomic E-state index is 0.242. The topological polar surface area (TPSA) is 72.2 Å². The molecule has 0 radical (unpaired) electrons. The fourth-order valence-electron chi connectivity index (χ4n) is 1.98. The van der Waals surface area contributed by atoms with Gasteiger partial charge in [-0.25, -0.2) is 13.1 Å². The number of rotatable bonds is 4. The van der Waals surface area contributed by atoms with Crippen LogP contribution in [-0.2, 0) is 10.0 Å². The standard InChI is InChI=1S/C15H16N2O2S/c1-2-3-6-11-17-20(18,19)15-10-9-14(16)12-7-4-5-8-13(12)15/h4-5,7-10,17H,6,11,16H2,1H3. The molecule has 0 heterocycles. The van der Waals surface area contributed by atoms with Gasteiger partial charge in [0.15, 0.2) is 0 Å². The molecule has 3 N–H and O–H groups in total. The van der Waals surface area contributed by atoms with Crippen LogP contribution in [0, 0.1) is 11.8 Å². The lowest BCUT2D eigenvalue weighted by Gasteiger charge is -2.10. The number of hydrogen-bond acceptors (Lipinski definition) is 3. The molecule has 0 aromatic heterocycles. The van der Waals surface area contributed by atoms with Crippen LogP contribution in [0.3, 0.4) is 0 Å². The second kappa shape index (κ2) is 5.95. The quantitative estimate of drug-likeness (QED) is 0.514. The van der Waals surface area contributed by atoms with Crippen molar-refractivity contribution in [3.05, 3.63) is 36.4 Å². The van der Waals surface area contributed by atoms with Crippen LogP contribution >= 0.6 is 0 Å². The van der Waals surface area contributed by atoms with Crippen molar-refractivity contribution in [1.82, 2.24) is 4.72 Å². The first-order chi connectivity index (χ1) is 9.56. The maximum Gasteiger partial charge on any atom is 0.241 e. The fraction of sp³-hybridized carbons (Fsp3) is 0.200. The average molecular weight is 288 g/mol. The summed E-state index contributed by atoms with van der Waals surface area (Å²) in [5.41, 5.74) is 6.44. The Hall–Kier alpha value is -2.03. The van der Waals surface area contributed by atoms with Gasteiger partial charge in [-0.15, -0.1) is 11.8 Å². The Morgan fingerprint density at radius 3 is 2.55 bits per heavy atom. The van der Waals surface area contributed by atoms with E-state index in [-0.39, 0.29) is 4.90 Å². The van der Waals surface area contributed by atoms with E-state index >= 15 is 0 Å². The second-order valence-corrected chi connectivity index (χ2v) is 6.01. The third-order valence-electron chi connectivity index (χ3n) is 2.93. The summed E-state index contributed by atoms with van der Waals surface area (Å²) in [6.45, 7) is 2.02. The van der Waals surface area contributed by atoms with E-state index in [0.29, 0.717) is 24.0 Å². The first-order valence-electron chi connectivity index (χ1n) is 6.23. The molecule has 20 heavy (non-hydrogen) atoms. The minimum atomic E-state index is -3.56. The van der Waals surface area contributed by atoms with Crippen molar-refractivity contribution in [3.8, 4) is 11.8 Å². The number of nitrogens with one attached hydrogen (secondary N) is 1. The molecule has 2 aromatic rings. The highest BCUT2D eigenvalue weighted by atomic mass is 32.2. The monoisotopic (exact) mass is 288 g/mol. The number of nitrogens with two attached hydrogens (primary N) is 1. The number of anilines is 1. The molecule has 2 aromatic carbocycles. The van der Waals surface area contributed by atoms with Crippen LogP contribution in [0.5, 0.6) is 0 Å². The van der Waals surface area contributed by atoms with Crippen molar-refractivity contribution in [2.45, 2.75) is 18.2 Å². The Balaban J connectivity index is 2.41. The van der Waals surface area contributed by atoms with Gasteiger partial charge in [-0.05, 0) is 19.1 Å². The Morgan fingerprint density at radius 1 is 1.15 bits per heavy atom. The first kappa shape index (κ1) is 14.4. The van der Waals surface area contributed by atoms with E-state index in [2.05, 4.69) is 16.6 Å². The Kier molecular flexibility index (Phi) is 4.28. The van der Waals surface area contributed by atoms with Crippen LogP contribution in [0.25, 0.3) is 10.8 Å². The molecule has 0 saturated carbocycles. The summed E-state index contributed by atoms with van der Waals surface area (Å²) < 4.78 is 27.2. The van der Waals surface area contributed by atoms with Crippen LogP contribution in [0.4, 0.5) is 5.69 Å². The summed E-state index contributed by atoms with van der Waals surface area (Å²) in [5.74, 6) is 5.55. The zero-order valence-corrected chi connectivity index (χ0v) is 12.0. The van der Waals surface area contributed by atoms with E-state index in [9.17, 15) is 8.42 Å². The highest BCUT2D eigenvalue weighted by molar-refractivity contribution is 7.89. The second-order valence-electron chi connectivity index (χ2n) is 4.27. The third-order valence-corrected chi connectivity index (χ3v) is 4.45. The highest BCUT2D eigenvalue weighted by Gasteiger charge is 2.17. The number of benzene rings is 2. The van der Waals surface area contributed by atoms with Gasteiger partial charge >= 0.3 is 0 Å². The minimum Gasteiger partial charge on any atom is -0.398 e. The van der Waals surface area contributed by atoms with Gasteiger partial charge in [0.2, 0.25) is 10.0 Å². The van der Waals surface area contributed by atoms with Crippen LogP contribution in [0.15, 0.2) is 41.3 Å². The van der Waals surface area contributed by atoms with Gasteiger partial charge < -0.3 is 5.73 Å². The number of fused-ring (bicyclic) bond motifs is 1. The summed E-state index contributed by atoms with van der Waals surface area (Å²) in [5, 5.41) is 1.37. The molecule has 0 spiro atoms. The van der Waals surface area contributed by atoms with Gasteiger partial charge in [0, 0.05) is 29.4 Å². The molecule has 2 rings (SSSR count). The Bertz CT molecular complexity index is 786. The van der Waals surface area contributed by atoms with Crippen molar-refractivity contribution in [2.24, 2.45) is 0 Å². The average Bonchev–Trinajstić information content (AvgIpc) is 2.44. The van der Waals surface area contributed by atoms with E-state index in [1.54, 1.807) is 25.1 Å². The molecule has 0 fully saturated rings. The van der Waals surface area contributed by atoms with Crippen molar-refractivity contribution in [1.29, 1.82) is 0 Å². The van der Waals surface area contributed by atoms with Gasteiger partial charge in [-0.2, -0.15) is 0 Å². The molecule has 0 unspecified atom stereocenters. The molecule has 0 atom stereocenters. The largest absolute Gasteiger partial charge is 0.398 e. The van der Waals surface area contributed by atoms with Crippen LogP contribution in [-0.4, -0.2) is 15.0 Å². The van der Waals surface area contributed by atoms with E-state index < -0.39 is 10.0 Å². The molecule has 0 aliphatic heterocycles. The maximum atomic E-state index is 12.3.